The Labute approximate surface area is 148 Å². The van der Waals surface area contributed by atoms with Crippen LogP contribution in [0.1, 0.15) is 15.9 Å². The lowest BCUT2D eigenvalue weighted by atomic mass is 10.1. The number of hydrogen-bond acceptors (Lipinski definition) is 3. The average Bonchev–Trinajstić information content (AvgIpc) is 2.63. The Morgan fingerprint density at radius 2 is 1.92 bits per heavy atom. The highest BCUT2D eigenvalue weighted by atomic mass is 19.1. The van der Waals surface area contributed by atoms with Crippen molar-refractivity contribution in [1.82, 2.24) is 10.3 Å². The predicted octanol–water partition coefficient (Wildman–Crippen LogP) is 2.34. The third-order valence-corrected chi connectivity index (χ3v) is 3.92. The van der Waals surface area contributed by atoms with E-state index in [1.165, 1.54) is 24.4 Å². The van der Waals surface area contributed by atoms with E-state index in [4.69, 9.17) is 0 Å². The molecule has 2 aromatic carbocycles. The number of aromatic nitrogens is 1. The number of aromatic amines is 1. The molecule has 26 heavy (non-hydrogen) atoms. The Bertz CT molecular complexity index is 1060. The van der Waals surface area contributed by atoms with Gasteiger partial charge in [-0.05, 0) is 36.8 Å². The quantitative estimate of drug-likeness (QED) is 0.672. The van der Waals surface area contributed by atoms with E-state index in [1.54, 1.807) is 31.2 Å². The summed E-state index contributed by atoms with van der Waals surface area (Å²) in [6, 6.07) is 10.8. The van der Waals surface area contributed by atoms with Crippen LogP contribution >= 0.6 is 0 Å². The van der Waals surface area contributed by atoms with Gasteiger partial charge in [-0.3, -0.25) is 14.4 Å². The van der Waals surface area contributed by atoms with Crippen LogP contribution in [-0.2, 0) is 4.79 Å². The van der Waals surface area contributed by atoms with Crippen molar-refractivity contribution in [3.8, 4) is 0 Å². The van der Waals surface area contributed by atoms with Crippen LogP contribution in [0.4, 0.5) is 10.1 Å². The fourth-order valence-electron chi connectivity index (χ4n) is 2.52. The van der Waals surface area contributed by atoms with Crippen LogP contribution in [0.25, 0.3) is 10.9 Å². The smallest absolute Gasteiger partial charge is 0.257 e. The number of rotatable bonds is 4. The van der Waals surface area contributed by atoms with E-state index in [0.29, 0.717) is 22.2 Å². The number of amides is 2. The molecule has 0 aliphatic rings. The molecule has 0 unspecified atom stereocenters. The molecule has 7 heteroatoms. The van der Waals surface area contributed by atoms with Gasteiger partial charge in [0.2, 0.25) is 11.3 Å². The molecule has 2 amide bonds. The fourth-order valence-corrected chi connectivity index (χ4v) is 2.52. The van der Waals surface area contributed by atoms with Gasteiger partial charge in [-0.15, -0.1) is 0 Å². The molecule has 0 saturated carbocycles. The van der Waals surface area contributed by atoms with Crippen molar-refractivity contribution < 1.29 is 14.0 Å². The molecule has 0 aliphatic carbocycles. The van der Waals surface area contributed by atoms with Gasteiger partial charge in [-0.1, -0.05) is 18.2 Å². The summed E-state index contributed by atoms with van der Waals surface area (Å²) in [6.07, 6.45) is 1.31. The van der Waals surface area contributed by atoms with Crippen molar-refractivity contribution >= 4 is 28.4 Å². The van der Waals surface area contributed by atoms with Crippen LogP contribution < -0.4 is 16.1 Å². The first-order chi connectivity index (χ1) is 12.5. The minimum absolute atomic E-state index is 0.0848. The third-order valence-electron chi connectivity index (χ3n) is 3.92. The van der Waals surface area contributed by atoms with Crippen LogP contribution in [0, 0.1) is 12.7 Å². The molecule has 132 valence electrons. The van der Waals surface area contributed by atoms with Gasteiger partial charge in [0.05, 0.1) is 6.54 Å². The Morgan fingerprint density at radius 3 is 2.73 bits per heavy atom. The van der Waals surface area contributed by atoms with Crippen LogP contribution in [0.15, 0.2) is 53.5 Å². The highest BCUT2D eigenvalue weighted by Gasteiger charge is 2.14. The number of pyridine rings is 1. The highest BCUT2D eigenvalue weighted by molar-refractivity contribution is 6.00. The standard InChI is InChI=1S/C19H16FN3O3/c1-11-6-7-12(20)8-16(11)23-17(24)10-22-19(26)14-9-21-15-5-3-2-4-13(15)18(14)25/h2-9H,10H2,1H3,(H,21,25)(H,22,26)(H,23,24). The summed E-state index contributed by atoms with van der Waals surface area (Å²) in [6.45, 7) is 1.38. The van der Waals surface area contributed by atoms with Gasteiger partial charge in [0.25, 0.3) is 5.91 Å². The van der Waals surface area contributed by atoms with Crippen molar-refractivity contribution in [2.75, 3.05) is 11.9 Å². The van der Waals surface area contributed by atoms with E-state index in [-0.39, 0.29) is 12.1 Å². The van der Waals surface area contributed by atoms with Crippen molar-refractivity contribution in [3.63, 3.8) is 0 Å². The van der Waals surface area contributed by atoms with Gasteiger partial charge in [-0.25, -0.2) is 4.39 Å². The molecule has 1 aromatic heterocycles. The van der Waals surface area contributed by atoms with E-state index in [0.717, 1.165) is 0 Å². The number of halogens is 1. The summed E-state index contributed by atoms with van der Waals surface area (Å²) in [5.74, 6) is -1.66. The molecule has 3 N–H and O–H groups in total. The molecule has 0 radical (unpaired) electrons. The highest BCUT2D eigenvalue weighted by Crippen LogP contribution is 2.15. The largest absolute Gasteiger partial charge is 0.360 e. The van der Waals surface area contributed by atoms with Gasteiger partial charge in [0.15, 0.2) is 0 Å². The Hall–Kier alpha value is -3.48. The molecule has 0 aliphatic heterocycles. The second-order valence-electron chi connectivity index (χ2n) is 5.77. The van der Waals surface area contributed by atoms with Crippen molar-refractivity contribution in [3.05, 3.63) is 75.8 Å². The fraction of sp³-hybridized carbons (Fsp3) is 0.105. The summed E-state index contributed by atoms with van der Waals surface area (Å²) < 4.78 is 13.2. The Morgan fingerprint density at radius 1 is 1.15 bits per heavy atom. The molecule has 1 heterocycles. The number of fused-ring (bicyclic) bond motifs is 1. The summed E-state index contributed by atoms with van der Waals surface area (Å²) >= 11 is 0. The Balaban J connectivity index is 1.69. The second kappa shape index (κ2) is 7.18. The summed E-state index contributed by atoms with van der Waals surface area (Å²) in [5, 5.41) is 5.31. The second-order valence-corrected chi connectivity index (χ2v) is 5.77. The summed E-state index contributed by atoms with van der Waals surface area (Å²) in [7, 11) is 0. The first-order valence-corrected chi connectivity index (χ1v) is 7.90. The minimum atomic E-state index is -0.664. The number of aryl methyl sites for hydroxylation is 1. The number of anilines is 1. The van der Waals surface area contributed by atoms with E-state index >= 15 is 0 Å². The minimum Gasteiger partial charge on any atom is -0.360 e. The van der Waals surface area contributed by atoms with Crippen LogP contribution in [0.5, 0.6) is 0 Å². The maximum Gasteiger partial charge on any atom is 0.257 e. The van der Waals surface area contributed by atoms with Gasteiger partial charge in [0.1, 0.15) is 11.4 Å². The van der Waals surface area contributed by atoms with E-state index < -0.39 is 23.1 Å². The zero-order chi connectivity index (χ0) is 18.7. The number of H-pyrrole nitrogens is 1. The maximum atomic E-state index is 13.2. The number of para-hydroxylation sites is 1. The van der Waals surface area contributed by atoms with Crippen LogP contribution in [-0.4, -0.2) is 23.3 Å². The molecule has 0 saturated heterocycles. The lowest BCUT2D eigenvalue weighted by Gasteiger charge is -2.09. The normalized spacial score (nSPS) is 10.5. The molecule has 0 spiro atoms. The Kier molecular flexibility index (Phi) is 4.79. The predicted molar refractivity (Wildman–Crippen MR) is 96.7 cm³/mol. The number of benzene rings is 2. The number of carbonyl (C=O) groups excluding carboxylic acids is 2. The molecule has 3 rings (SSSR count). The molecule has 0 fully saturated rings. The molecule has 3 aromatic rings. The zero-order valence-electron chi connectivity index (χ0n) is 13.9. The van der Waals surface area contributed by atoms with Gasteiger partial charge >= 0.3 is 0 Å². The maximum absolute atomic E-state index is 13.2. The molecular formula is C19H16FN3O3. The van der Waals surface area contributed by atoms with Crippen molar-refractivity contribution in [2.24, 2.45) is 0 Å². The van der Waals surface area contributed by atoms with Gasteiger partial charge in [-0.2, -0.15) is 0 Å². The number of nitrogens with one attached hydrogen (secondary N) is 3. The van der Waals surface area contributed by atoms with Crippen molar-refractivity contribution in [2.45, 2.75) is 6.92 Å². The van der Waals surface area contributed by atoms with Crippen molar-refractivity contribution in [1.29, 1.82) is 0 Å². The summed E-state index contributed by atoms with van der Waals surface area (Å²) in [4.78, 5) is 39.4. The summed E-state index contributed by atoms with van der Waals surface area (Å²) in [5.41, 5.74) is 1.13. The average molecular weight is 353 g/mol. The molecule has 6 nitrogen and oxygen atoms in total. The number of hydrogen-bond donors (Lipinski definition) is 3. The number of carbonyl (C=O) groups is 2. The SMILES string of the molecule is Cc1ccc(F)cc1NC(=O)CNC(=O)c1c[nH]c2ccccc2c1=O. The van der Waals surface area contributed by atoms with E-state index in [9.17, 15) is 18.8 Å². The van der Waals surface area contributed by atoms with Gasteiger partial charge in [0, 0.05) is 22.8 Å². The topological polar surface area (TPSA) is 91.1 Å². The third kappa shape index (κ3) is 3.61. The zero-order valence-corrected chi connectivity index (χ0v) is 13.9. The van der Waals surface area contributed by atoms with Crippen LogP contribution in [0.3, 0.4) is 0 Å². The van der Waals surface area contributed by atoms with E-state index in [2.05, 4.69) is 15.6 Å². The van der Waals surface area contributed by atoms with Crippen LogP contribution in [0.2, 0.25) is 0 Å². The first-order valence-electron chi connectivity index (χ1n) is 7.90. The molecule has 0 bridgehead atoms. The monoisotopic (exact) mass is 353 g/mol. The van der Waals surface area contributed by atoms with Gasteiger partial charge < -0.3 is 15.6 Å². The van der Waals surface area contributed by atoms with E-state index in [1.807, 2.05) is 0 Å². The molecule has 0 atom stereocenters. The first kappa shape index (κ1) is 17.3. The molecular weight excluding hydrogens is 337 g/mol. The lowest BCUT2D eigenvalue weighted by Crippen LogP contribution is -2.35. The lowest BCUT2D eigenvalue weighted by molar-refractivity contribution is -0.115.